The molecule has 0 atom stereocenters. The van der Waals surface area contributed by atoms with Crippen LogP contribution in [0, 0.1) is 5.82 Å². The summed E-state index contributed by atoms with van der Waals surface area (Å²) in [5.74, 6) is -0.221. The third-order valence-corrected chi connectivity index (χ3v) is 4.24. The van der Waals surface area contributed by atoms with E-state index in [0.29, 0.717) is 6.04 Å². The van der Waals surface area contributed by atoms with Crippen molar-refractivity contribution in [2.75, 3.05) is 13.1 Å². The fourth-order valence-electron chi connectivity index (χ4n) is 3.09. The van der Waals surface area contributed by atoms with Gasteiger partial charge in [-0.05, 0) is 44.1 Å². The molecule has 0 unspecified atom stereocenters. The molecule has 3 heterocycles. The number of nitrogens with one attached hydrogen (secondary N) is 2. The van der Waals surface area contributed by atoms with Crippen LogP contribution in [0.15, 0.2) is 36.8 Å². The summed E-state index contributed by atoms with van der Waals surface area (Å²) in [7, 11) is 0. The van der Waals surface area contributed by atoms with Gasteiger partial charge in [-0.25, -0.2) is 4.39 Å². The Labute approximate surface area is 134 Å². The minimum absolute atomic E-state index is 0. The summed E-state index contributed by atoms with van der Waals surface area (Å²) < 4.78 is 15.3. The van der Waals surface area contributed by atoms with Gasteiger partial charge in [0, 0.05) is 34.4 Å². The largest absolute Gasteiger partial charge is 0.360 e. The number of rotatable bonds is 2. The SMILES string of the molecule is Cl.Fc1ccc2c(-c3cnn(C4CCNCC4)c3)c[nH]c2c1. The van der Waals surface area contributed by atoms with Gasteiger partial charge < -0.3 is 10.3 Å². The Balaban J connectivity index is 0.00000144. The van der Waals surface area contributed by atoms with Gasteiger partial charge in [-0.3, -0.25) is 4.68 Å². The molecule has 1 saturated heterocycles. The average Bonchev–Trinajstić information content (AvgIpc) is 3.13. The summed E-state index contributed by atoms with van der Waals surface area (Å²) in [6, 6.07) is 5.31. The quantitative estimate of drug-likeness (QED) is 0.759. The lowest BCUT2D eigenvalue weighted by Crippen LogP contribution is -2.29. The fraction of sp³-hybridized carbons (Fsp3) is 0.312. The maximum absolute atomic E-state index is 13.3. The lowest BCUT2D eigenvalue weighted by atomic mass is 10.1. The number of hydrogen-bond acceptors (Lipinski definition) is 2. The first-order valence-electron chi connectivity index (χ1n) is 7.33. The molecule has 1 aromatic carbocycles. The third-order valence-electron chi connectivity index (χ3n) is 4.24. The molecule has 2 aromatic heterocycles. The van der Waals surface area contributed by atoms with Gasteiger partial charge in [-0.2, -0.15) is 5.10 Å². The molecule has 4 nitrogen and oxygen atoms in total. The summed E-state index contributed by atoms with van der Waals surface area (Å²) in [6.45, 7) is 2.10. The first-order chi connectivity index (χ1) is 10.3. The van der Waals surface area contributed by atoms with Gasteiger partial charge >= 0.3 is 0 Å². The fourth-order valence-corrected chi connectivity index (χ4v) is 3.09. The Morgan fingerprint density at radius 3 is 2.86 bits per heavy atom. The number of aromatic amines is 1. The second-order valence-electron chi connectivity index (χ2n) is 5.58. The van der Waals surface area contributed by atoms with Crippen molar-refractivity contribution in [2.24, 2.45) is 0 Å². The van der Waals surface area contributed by atoms with Crippen molar-refractivity contribution >= 4 is 23.3 Å². The van der Waals surface area contributed by atoms with Crippen molar-refractivity contribution in [3.05, 3.63) is 42.6 Å². The Kier molecular flexibility index (Phi) is 4.18. The van der Waals surface area contributed by atoms with E-state index < -0.39 is 0 Å². The number of nitrogens with zero attached hydrogens (tertiary/aromatic N) is 2. The number of benzene rings is 1. The molecular weight excluding hydrogens is 303 g/mol. The Morgan fingerprint density at radius 1 is 1.23 bits per heavy atom. The lowest BCUT2D eigenvalue weighted by molar-refractivity contribution is 0.343. The van der Waals surface area contributed by atoms with Gasteiger partial charge in [-0.15, -0.1) is 12.4 Å². The molecule has 1 fully saturated rings. The molecule has 0 saturated carbocycles. The highest BCUT2D eigenvalue weighted by molar-refractivity contribution is 5.95. The van der Waals surface area contributed by atoms with Crippen molar-refractivity contribution in [3.8, 4) is 11.1 Å². The second kappa shape index (κ2) is 6.10. The minimum atomic E-state index is -0.221. The average molecular weight is 321 g/mol. The molecule has 0 radical (unpaired) electrons. The topological polar surface area (TPSA) is 45.6 Å². The third kappa shape index (κ3) is 2.62. The van der Waals surface area contributed by atoms with Crippen LogP contribution >= 0.6 is 12.4 Å². The number of hydrogen-bond donors (Lipinski definition) is 2. The van der Waals surface area contributed by atoms with Crippen LogP contribution in [-0.2, 0) is 0 Å². The van der Waals surface area contributed by atoms with Crippen molar-refractivity contribution in [1.29, 1.82) is 0 Å². The van der Waals surface area contributed by atoms with Gasteiger partial charge in [0.2, 0.25) is 0 Å². The summed E-state index contributed by atoms with van der Waals surface area (Å²) in [6.07, 6.45) is 8.14. The van der Waals surface area contributed by atoms with E-state index in [1.54, 1.807) is 0 Å². The van der Waals surface area contributed by atoms with Gasteiger partial charge in [0.15, 0.2) is 0 Å². The second-order valence-corrected chi connectivity index (χ2v) is 5.58. The van der Waals surface area contributed by atoms with E-state index in [-0.39, 0.29) is 18.2 Å². The van der Waals surface area contributed by atoms with Crippen LogP contribution in [0.25, 0.3) is 22.0 Å². The molecule has 0 aliphatic carbocycles. The molecule has 3 aromatic rings. The zero-order valence-corrected chi connectivity index (χ0v) is 12.9. The van der Waals surface area contributed by atoms with E-state index in [1.807, 2.05) is 18.5 Å². The van der Waals surface area contributed by atoms with E-state index in [1.165, 1.54) is 12.1 Å². The van der Waals surface area contributed by atoms with Crippen LogP contribution in [-0.4, -0.2) is 27.9 Å². The van der Waals surface area contributed by atoms with Crippen molar-refractivity contribution in [3.63, 3.8) is 0 Å². The molecular formula is C16H18ClFN4. The van der Waals surface area contributed by atoms with Crippen LogP contribution < -0.4 is 5.32 Å². The molecule has 6 heteroatoms. The molecule has 22 heavy (non-hydrogen) atoms. The molecule has 116 valence electrons. The molecule has 0 amide bonds. The number of aromatic nitrogens is 3. The summed E-state index contributed by atoms with van der Waals surface area (Å²) in [5.41, 5.74) is 2.97. The first kappa shape index (κ1) is 15.1. The van der Waals surface area contributed by atoms with Crippen LogP contribution in [0.4, 0.5) is 4.39 Å². The van der Waals surface area contributed by atoms with Crippen LogP contribution in [0.1, 0.15) is 18.9 Å². The predicted octanol–water partition coefficient (Wildman–Crippen LogP) is 3.52. The Morgan fingerprint density at radius 2 is 2.05 bits per heavy atom. The Hall–Kier alpha value is -1.85. The lowest BCUT2D eigenvalue weighted by Gasteiger charge is -2.22. The molecule has 1 aliphatic rings. The van der Waals surface area contributed by atoms with E-state index in [4.69, 9.17) is 0 Å². The van der Waals surface area contributed by atoms with Gasteiger partial charge in [-0.1, -0.05) is 0 Å². The summed E-state index contributed by atoms with van der Waals surface area (Å²) in [5, 5.41) is 8.92. The highest BCUT2D eigenvalue weighted by Crippen LogP contribution is 2.30. The number of piperidine rings is 1. The van der Waals surface area contributed by atoms with E-state index >= 15 is 0 Å². The standard InChI is InChI=1S/C16H17FN4.ClH/c17-12-1-2-14-15(9-19-16(14)7-12)11-8-20-21(10-11)13-3-5-18-6-4-13;/h1-2,7-10,13,18-19H,3-6H2;1H. The first-order valence-corrected chi connectivity index (χ1v) is 7.33. The normalized spacial score (nSPS) is 15.9. The van der Waals surface area contributed by atoms with Crippen LogP contribution in [0.5, 0.6) is 0 Å². The molecule has 0 bridgehead atoms. The summed E-state index contributed by atoms with van der Waals surface area (Å²) in [4.78, 5) is 3.13. The maximum atomic E-state index is 13.3. The molecule has 4 rings (SSSR count). The predicted molar refractivity (Wildman–Crippen MR) is 87.9 cm³/mol. The minimum Gasteiger partial charge on any atom is -0.360 e. The molecule has 2 N–H and O–H groups in total. The van der Waals surface area contributed by atoms with Crippen molar-refractivity contribution in [1.82, 2.24) is 20.1 Å². The zero-order valence-electron chi connectivity index (χ0n) is 12.1. The van der Waals surface area contributed by atoms with Gasteiger partial charge in [0.05, 0.1) is 12.2 Å². The number of halogens is 2. The van der Waals surface area contributed by atoms with Crippen LogP contribution in [0.2, 0.25) is 0 Å². The van der Waals surface area contributed by atoms with E-state index in [2.05, 4.69) is 26.3 Å². The molecule has 0 spiro atoms. The highest BCUT2D eigenvalue weighted by Gasteiger charge is 2.17. The van der Waals surface area contributed by atoms with E-state index in [9.17, 15) is 4.39 Å². The maximum Gasteiger partial charge on any atom is 0.125 e. The van der Waals surface area contributed by atoms with Crippen molar-refractivity contribution < 1.29 is 4.39 Å². The highest BCUT2D eigenvalue weighted by atomic mass is 35.5. The van der Waals surface area contributed by atoms with Gasteiger partial charge in [0.1, 0.15) is 5.82 Å². The number of H-pyrrole nitrogens is 1. The zero-order chi connectivity index (χ0) is 14.2. The van der Waals surface area contributed by atoms with Gasteiger partial charge in [0.25, 0.3) is 0 Å². The van der Waals surface area contributed by atoms with E-state index in [0.717, 1.165) is 48.0 Å². The van der Waals surface area contributed by atoms with Crippen molar-refractivity contribution in [2.45, 2.75) is 18.9 Å². The smallest absolute Gasteiger partial charge is 0.125 e. The van der Waals surface area contributed by atoms with Crippen LogP contribution in [0.3, 0.4) is 0 Å². The summed E-state index contributed by atoms with van der Waals surface area (Å²) >= 11 is 0. The Bertz CT molecular complexity index is 773. The number of fused-ring (bicyclic) bond motifs is 1. The molecule has 1 aliphatic heterocycles. The monoisotopic (exact) mass is 320 g/mol.